The number of hydrogen-bond acceptors (Lipinski definition) is 3. The van der Waals surface area contributed by atoms with Crippen LogP contribution in [0.3, 0.4) is 0 Å². The molecule has 0 saturated heterocycles. The molecule has 0 spiro atoms. The molecule has 2 rings (SSSR count). The topological polar surface area (TPSA) is 64.0 Å². The minimum Gasteiger partial charge on any atom is -0.250 e. The lowest BCUT2D eigenvalue weighted by molar-refractivity contribution is 0.271. The predicted octanol–water partition coefficient (Wildman–Crippen LogP) is 0.516. The van der Waals surface area contributed by atoms with Gasteiger partial charge in [-0.05, 0) is 32.4 Å². The average molecular weight is 215 g/mol. The summed E-state index contributed by atoms with van der Waals surface area (Å²) < 4.78 is 27.0. The smallest absolute Gasteiger partial charge is 0.250 e. The van der Waals surface area contributed by atoms with Gasteiger partial charge in [0.2, 0.25) is 0 Å². The third kappa shape index (κ3) is 1.44. The molecule has 5 nitrogen and oxygen atoms in total. The molecule has 6 heteroatoms. The van der Waals surface area contributed by atoms with Crippen molar-refractivity contribution in [2.45, 2.75) is 30.3 Å². The first-order valence-electron chi connectivity index (χ1n) is 4.62. The third-order valence-corrected chi connectivity index (χ3v) is 4.01. The molecular weight excluding hydrogens is 202 g/mol. The molecule has 0 atom stereocenters. The normalized spacial score (nSPS) is 18.1. The van der Waals surface area contributed by atoms with Crippen LogP contribution in [-0.2, 0) is 10.0 Å². The molecule has 0 radical (unpaired) electrons. The zero-order chi connectivity index (χ0) is 10.2. The Labute approximate surface area is 83.2 Å². The number of nitrogens with one attached hydrogen (secondary N) is 1. The van der Waals surface area contributed by atoms with Crippen LogP contribution in [0.2, 0.25) is 0 Å². The van der Waals surface area contributed by atoms with Crippen LogP contribution in [0.5, 0.6) is 0 Å². The highest BCUT2D eigenvalue weighted by molar-refractivity contribution is 7.89. The molecule has 0 amide bonds. The summed E-state index contributed by atoms with van der Waals surface area (Å²) in [4.78, 5) is 0. The second kappa shape index (κ2) is 3.36. The maximum Gasteiger partial charge on any atom is 0.257 e. The van der Waals surface area contributed by atoms with E-state index >= 15 is 0 Å². The molecule has 14 heavy (non-hydrogen) atoms. The molecule has 0 aromatic carbocycles. The minimum atomic E-state index is -3.36. The first-order chi connectivity index (χ1) is 6.65. The van der Waals surface area contributed by atoms with E-state index in [1.54, 1.807) is 4.68 Å². The Morgan fingerprint density at radius 3 is 2.79 bits per heavy atom. The molecule has 1 aromatic rings. The molecule has 1 N–H and O–H groups in total. The maximum atomic E-state index is 11.6. The third-order valence-electron chi connectivity index (χ3n) is 2.60. The van der Waals surface area contributed by atoms with Crippen LogP contribution in [0, 0.1) is 0 Å². The Bertz CT molecular complexity index is 420. The average Bonchev–Trinajstić information content (AvgIpc) is 2.50. The molecule has 0 aliphatic heterocycles. The first kappa shape index (κ1) is 9.67. The maximum absolute atomic E-state index is 11.6. The standard InChI is InChI=1S/C8H13N3O2S/c1-9-14(12,13)8-5-6-10-11(8)7-3-2-4-7/h5-7,9H,2-4H2,1H3. The Balaban J connectivity index is 2.38. The van der Waals surface area contributed by atoms with Crippen LogP contribution in [0.4, 0.5) is 0 Å². The lowest BCUT2D eigenvalue weighted by atomic mass is 9.93. The minimum absolute atomic E-state index is 0.267. The Kier molecular flexibility index (Phi) is 2.32. The van der Waals surface area contributed by atoms with E-state index < -0.39 is 10.0 Å². The fraction of sp³-hybridized carbons (Fsp3) is 0.625. The van der Waals surface area contributed by atoms with Crippen molar-refractivity contribution in [1.29, 1.82) is 0 Å². The van der Waals surface area contributed by atoms with E-state index in [-0.39, 0.29) is 11.1 Å². The monoisotopic (exact) mass is 215 g/mol. The van der Waals surface area contributed by atoms with E-state index in [0.29, 0.717) is 0 Å². The lowest BCUT2D eigenvalue weighted by Crippen LogP contribution is -2.27. The van der Waals surface area contributed by atoms with Gasteiger partial charge in [0, 0.05) is 0 Å². The molecule has 1 fully saturated rings. The van der Waals surface area contributed by atoms with Gasteiger partial charge in [0.25, 0.3) is 10.0 Å². The van der Waals surface area contributed by atoms with Gasteiger partial charge in [-0.15, -0.1) is 0 Å². The van der Waals surface area contributed by atoms with Crippen molar-refractivity contribution in [2.24, 2.45) is 0 Å². The molecule has 1 aliphatic carbocycles. The van der Waals surface area contributed by atoms with Crippen molar-refractivity contribution in [1.82, 2.24) is 14.5 Å². The van der Waals surface area contributed by atoms with E-state index in [4.69, 9.17) is 0 Å². The highest BCUT2D eigenvalue weighted by atomic mass is 32.2. The number of nitrogens with zero attached hydrogens (tertiary/aromatic N) is 2. The van der Waals surface area contributed by atoms with Gasteiger partial charge in [-0.3, -0.25) is 0 Å². The SMILES string of the molecule is CNS(=O)(=O)c1ccnn1C1CCC1. The van der Waals surface area contributed by atoms with Crippen LogP contribution >= 0.6 is 0 Å². The first-order valence-corrected chi connectivity index (χ1v) is 6.10. The predicted molar refractivity (Wildman–Crippen MR) is 51.4 cm³/mol. The van der Waals surface area contributed by atoms with Crippen molar-refractivity contribution in [2.75, 3.05) is 7.05 Å². The van der Waals surface area contributed by atoms with Gasteiger partial charge >= 0.3 is 0 Å². The van der Waals surface area contributed by atoms with E-state index in [2.05, 4.69) is 9.82 Å². The Morgan fingerprint density at radius 2 is 2.29 bits per heavy atom. The Hall–Kier alpha value is -0.880. The fourth-order valence-corrected chi connectivity index (χ4v) is 2.42. The van der Waals surface area contributed by atoms with Crippen LogP contribution in [0.1, 0.15) is 25.3 Å². The number of rotatable bonds is 3. The van der Waals surface area contributed by atoms with Crippen molar-refractivity contribution >= 4 is 10.0 Å². The summed E-state index contributed by atoms with van der Waals surface area (Å²) in [5, 5.41) is 4.32. The second-order valence-electron chi connectivity index (χ2n) is 3.41. The van der Waals surface area contributed by atoms with E-state index in [9.17, 15) is 8.42 Å². The van der Waals surface area contributed by atoms with Gasteiger partial charge in [0.15, 0.2) is 5.03 Å². The summed E-state index contributed by atoms with van der Waals surface area (Å²) in [6.07, 6.45) is 4.73. The molecule has 0 unspecified atom stereocenters. The van der Waals surface area contributed by atoms with Gasteiger partial charge < -0.3 is 0 Å². The van der Waals surface area contributed by atoms with E-state index in [1.165, 1.54) is 19.3 Å². The van der Waals surface area contributed by atoms with Gasteiger partial charge in [-0.1, -0.05) is 0 Å². The molecule has 1 aromatic heterocycles. The molecular formula is C8H13N3O2S. The van der Waals surface area contributed by atoms with Crippen LogP contribution in [-0.4, -0.2) is 25.2 Å². The van der Waals surface area contributed by atoms with Crippen molar-refractivity contribution in [3.05, 3.63) is 12.3 Å². The zero-order valence-corrected chi connectivity index (χ0v) is 8.79. The highest BCUT2D eigenvalue weighted by Gasteiger charge is 2.26. The zero-order valence-electron chi connectivity index (χ0n) is 7.97. The fourth-order valence-electron chi connectivity index (χ4n) is 1.52. The van der Waals surface area contributed by atoms with E-state index in [0.717, 1.165) is 19.3 Å². The summed E-state index contributed by atoms with van der Waals surface area (Å²) in [7, 11) is -1.95. The summed E-state index contributed by atoms with van der Waals surface area (Å²) in [6, 6.07) is 1.80. The van der Waals surface area contributed by atoms with Crippen LogP contribution in [0.25, 0.3) is 0 Å². The summed E-state index contributed by atoms with van der Waals surface area (Å²) >= 11 is 0. The van der Waals surface area contributed by atoms with Crippen molar-refractivity contribution in [3.8, 4) is 0 Å². The van der Waals surface area contributed by atoms with E-state index in [1.807, 2.05) is 0 Å². The quantitative estimate of drug-likeness (QED) is 0.799. The van der Waals surface area contributed by atoms with Gasteiger partial charge in [-0.25, -0.2) is 17.8 Å². The van der Waals surface area contributed by atoms with Crippen molar-refractivity contribution in [3.63, 3.8) is 0 Å². The Morgan fingerprint density at radius 1 is 1.57 bits per heavy atom. The number of aromatic nitrogens is 2. The van der Waals surface area contributed by atoms with Gasteiger partial charge in [0.1, 0.15) is 0 Å². The highest BCUT2D eigenvalue weighted by Crippen LogP contribution is 2.32. The summed E-state index contributed by atoms with van der Waals surface area (Å²) in [6.45, 7) is 0. The van der Waals surface area contributed by atoms with Crippen molar-refractivity contribution < 1.29 is 8.42 Å². The van der Waals surface area contributed by atoms with Crippen LogP contribution < -0.4 is 4.72 Å². The lowest BCUT2D eigenvalue weighted by Gasteiger charge is -2.27. The molecule has 78 valence electrons. The molecule has 1 heterocycles. The summed E-state index contributed by atoms with van der Waals surface area (Å²) in [5.74, 6) is 0. The largest absolute Gasteiger partial charge is 0.257 e. The molecule has 1 saturated carbocycles. The van der Waals surface area contributed by atoms with Gasteiger partial charge in [0.05, 0.1) is 12.2 Å². The number of sulfonamides is 1. The second-order valence-corrected chi connectivity index (χ2v) is 5.24. The summed E-state index contributed by atoms with van der Waals surface area (Å²) in [5.41, 5.74) is 0. The number of hydrogen-bond donors (Lipinski definition) is 1. The van der Waals surface area contributed by atoms with Gasteiger partial charge in [-0.2, -0.15) is 5.10 Å². The van der Waals surface area contributed by atoms with Crippen LogP contribution in [0.15, 0.2) is 17.3 Å². The molecule has 0 bridgehead atoms. The molecule has 1 aliphatic rings.